The lowest BCUT2D eigenvalue weighted by molar-refractivity contribution is 0.0935. The largest absolute Gasteiger partial charge is 0.351 e. The van der Waals surface area contributed by atoms with Gasteiger partial charge in [-0.2, -0.15) is 0 Å². The molecule has 0 fully saturated rings. The molecule has 0 saturated carbocycles. The Bertz CT molecular complexity index is 606. The van der Waals surface area contributed by atoms with Crippen molar-refractivity contribution in [3.63, 3.8) is 0 Å². The molecule has 1 atom stereocenters. The van der Waals surface area contributed by atoms with Gasteiger partial charge in [0.05, 0.1) is 11.3 Å². The average Bonchev–Trinajstić information content (AvgIpc) is 2.66. The Kier molecular flexibility index (Phi) is 2.56. The van der Waals surface area contributed by atoms with Gasteiger partial charge in [-0.1, -0.05) is 6.07 Å². The molecule has 0 radical (unpaired) electrons. The fourth-order valence-electron chi connectivity index (χ4n) is 2.07. The molecule has 0 bridgehead atoms. The molecule has 1 amide bonds. The molecule has 2 aromatic rings. The van der Waals surface area contributed by atoms with Crippen LogP contribution in [0, 0.1) is 13.8 Å². The van der Waals surface area contributed by atoms with Gasteiger partial charge in [-0.15, -0.1) is 11.3 Å². The van der Waals surface area contributed by atoms with E-state index in [4.69, 9.17) is 0 Å². The van der Waals surface area contributed by atoms with Gasteiger partial charge in [-0.3, -0.25) is 9.78 Å². The second kappa shape index (κ2) is 4.10. The van der Waals surface area contributed by atoms with E-state index in [1.165, 1.54) is 4.88 Å². The lowest BCUT2D eigenvalue weighted by atomic mass is 10.1. The van der Waals surface area contributed by atoms with Crippen molar-refractivity contribution in [3.8, 4) is 0 Å². The first kappa shape index (κ1) is 11.2. The van der Waals surface area contributed by atoms with E-state index in [1.54, 1.807) is 17.5 Å². The number of fused-ring (bicyclic) bond motifs is 1. The minimum Gasteiger partial charge on any atom is -0.351 e. The number of aryl methyl sites for hydroxylation is 1. The van der Waals surface area contributed by atoms with Gasteiger partial charge in [0.2, 0.25) is 0 Å². The predicted molar refractivity (Wildman–Crippen MR) is 71.9 cm³/mol. The summed E-state index contributed by atoms with van der Waals surface area (Å²) in [4.78, 5) is 17.6. The van der Waals surface area contributed by atoms with Crippen LogP contribution in [0.25, 0.3) is 0 Å². The highest BCUT2D eigenvalue weighted by Gasteiger charge is 2.29. The average molecular weight is 259 g/mol. The SMILES string of the molecule is Cc1sc2c(c1C)C(=O)N[C@@H](c1ccccn1)N2. The first-order chi connectivity index (χ1) is 8.66. The third-order valence-corrected chi connectivity index (χ3v) is 4.29. The highest BCUT2D eigenvalue weighted by molar-refractivity contribution is 7.16. The summed E-state index contributed by atoms with van der Waals surface area (Å²) in [6, 6.07) is 5.67. The zero-order chi connectivity index (χ0) is 12.7. The summed E-state index contributed by atoms with van der Waals surface area (Å²) in [5.74, 6) is -0.0266. The summed E-state index contributed by atoms with van der Waals surface area (Å²) in [7, 11) is 0. The van der Waals surface area contributed by atoms with Crippen LogP contribution in [0.1, 0.15) is 32.7 Å². The summed E-state index contributed by atoms with van der Waals surface area (Å²) >= 11 is 1.62. The zero-order valence-electron chi connectivity index (χ0n) is 10.2. The molecule has 18 heavy (non-hydrogen) atoms. The molecule has 1 aliphatic heterocycles. The number of nitrogens with zero attached hydrogens (tertiary/aromatic N) is 1. The van der Waals surface area contributed by atoms with Gasteiger partial charge >= 0.3 is 0 Å². The summed E-state index contributed by atoms with van der Waals surface area (Å²) in [5.41, 5.74) is 2.64. The summed E-state index contributed by atoms with van der Waals surface area (Å²) in [6.07, 6.45) is 1.48. The van der Waals surface area contributed by atoms with E-state index in [1.807, 2.05) is 32.0 Å². The second-order valence-corrected chi connectivity index (χ2v) is 5.52. The Morgan fingerprint density at radius 2 is 2.11 bits per heavy atom. The van der Waals surface area contributed by atoms with Crippen LogP contribution in [-0.2, 0) is 0 Å². The number of amides is 1. The Morgan fingerprint density at radius 1 is 1.28 bits per heavy atom. The Morgan fingerprint density at radius 3 is 2.83 bits per heavy atom. The second-order valence-electron chi connectivity index (χ2n) is 4.29. The maximum absolute atomic E-state index is 12.1. The number of carbonyl (C=O) groups excluding carboxylic acids is 1. The zero-order valence-corrected chi connectivity index (χ0v) is 11.0. The van der Waals surface area contributed by atoms with Crippen LogP contribution in [0.15, 0.2) is 24.4 Å². The van der Waals surface area contributed by atoms with E-state index in [0.29, 0.717) is 0 Å². The van der Waals surface area contributed by atoms with E-state index in [9.17, 15) is 4.79 Å². The Labute approximate surface area is 109 Å². The lowest BCUT2D eigenvalue weighted by Gasteiger charge is -2.25. The smallest absolute Gasteiger partial charge is 0.256 e. The van der Waals surface area contributed by atoms with Crippen molar-refractivity contribution in [2.45, 2.75) is 20.0 Å². The first-order valence-electron chi connectivity index (χ1n) is 5.75. The van der Waals surface area contributed by atoms with Gasteiger partial charge in [-0.05, 0) is 31.5 Å². The molecule has 0 spiro atoms. The lowest BCUT2D eigenvalue weighted by Crippen LogP contribution is -2.38. The van der Waals surface area contributed by atoms with Gasteiger partial charge in [0.25, 0.3) is 5.91 Å². The molecule has 0 saturated heterocycles. The van der Waals surface area contributed by atoms with E-state index in [2.05, 4.69) is 15.6 Å². The van der Waals surface area contributed by atoms with E-state index >= 15 is 0 Å². The molecule has 5 heteroatoms. The van der Waals surface area contributed by atoms with Crippen LogP contribution < -0.4 is 10.6 Å². The highest BCUT2D eigenvalue weighted by atomic mass is 32.1. The number of aromatic nitrogens is 1. The predicted octanol–water partition coefficient (Wildman–Crippen LogP) is 2.61. The monoisotopic (exact) mass is 259 g/mol. The van der Waals surface area contributed by atoms with Crippen molar-refractivity contribution in [2.75, 3.05) is 5.32 Å². The van der Waals surface area contributed by atoms with Crippen LogP contribution >= 0.6 is 11.3 Å². The molecule has 2 N–H and O–H groups in total. The highest BCUT2D eigenvalue weighted by Crippen LogP contribution is 2.36. The number of thiophene rings is 1. The summed E-state index contributed by atoms with van der Waals surface area (Å²) in [5, 5.41) is 7.20. The van der Waals surface area contributed by atoms with Crippen molar-refractivity contribution in [3.05, 3.63) is 46.1 Å². The number of hydrogen-bond acceptors (Lipinski definition) is 4. The fourth-order valence-corrected chi connectivity index (χ4v) is 3.15. The maximum Gasteiger partial charge on any atom is 0.256 e. The number of rotatable bonds is 1. The summed E-state index contributed by atoms with van der Waals surface area (Å²) < 4.78 is 0. The third-order valence-electron chi connectivity index (χ3n) is 3.15. The van der Waals surface area contributed by atoms with Crippen molar-refractivity contribution in [1.82, 2.24) is 10.3 Å². The van der Waals surface area contributed by atoms with Gasteiger partial charge in [-0.25, -0.2) is 0 Å². The maximum atomic E-state index is 12.1. The number of hydrogen-bond donors (Lipinski definition) is 2. The van der Waals surface area contributed by atoms with Gasteiger partial charge in [0.1, 0.15) is 11.2 Å². The number of anilines is 1. The van der Waals surface area contributed by atoms with Crippen molar-refractivity contribution in [1.29, 1.82) is 0 Å². The third kappa shape index (κ3) is 1.67. The fraction of sp³-hybridized carbons (Fsp3) is 0.231. The van der Waals surface area contributed by atoms with Crippen molar-refractivity contribution < 1.29 is 4.79 Å². The molecule has 0 aromatic carbocycles. The van der Waals surface area contributed by atoms with Crippen LogP contribution in [0.4, 0.5) is 5.00 Å². The molecular formula is C13H13N3OS. The minimum absolute atomic E-state index is 0.0266. The Balaban J connectivity index is 2.00. The number of pyridine rings is 1. The van der Waals surface area contributed by atoms with Crippen LogP contribution in [-0.4, -0.2) is 10.9 Å². The van der Waals surface area contributed by atoms with Gasteiger partial charge in [0, 0.05) is 11.1 Å². The molecule has 92 valence electrons. The van der Waals surface area contributed by atoms with Gasteiger partial charge in [0.15, 0.2) is 0 Å². The molecule has 2 aromatic heterocycles. The molecular weight excluding hydrogens is 246 g/mol. The molecule has 0 aliphatic carbocycles. The standard InChI is InChI=1S/C13H13N3OS/c1-7-8(2)18-13-10(7)12(17)15-11(16-13)9-5-3-4-6-14-9/h3-6,11,16H,1-2H3,(H,15,17)/t11-/m1/s1. The van der Waals surface area contributed by atoms with Crippen molar-refractivity contribution in [2.24, 2.45) is 0 Å². The number of carbonyl (C=O) groups is 1. The van der Waals surface area contributed by atoms with E-state index in [-0.39, 0.29) is 12.1 Å². The van der Waals surface area contributed by atoms with Crippen LogP contribution in [0.3, 0.4) is 0 Å². The normalized spacial score (nSPS) is 17.9. The molecule has 4 nitrogen and oxygen atoms in total. The topological polar surface area (TPSA) is 54.0 Å². The molecule has 3 heterocycles. The molecule has 1 aliphatic rings. The van der Waals surface area contributed by atoms with Crippen molar-refractivity contribution >= 4 is 22.2 Å². The van der Waals surface area contributed by atoms with E-state index in [0.717, 1.165) is 21.8 Å². The van der Waals surface area contributed by atoms with Gasteiger partial charge < -0.3 is 10.6 Å². The molecule has 3 rings (SSSR count). The first-order valence-corrected chi connectivity index (χ1v) is 6.57. The Hall–Kier alpha value is -1.88. The van der Waals surface area contributed by atoms with Crippen LogP contribution in [0.5, 0.6) is 0 Å². The molecule has 0 unspecified atom stereocenters. The summed E-state index contributed by atoms with van der Waals surface area (Å²) in [6.45, 7) is 4.01. The minimum atomic E-state index is -0.247. The quantitative estimate of drug-likeness (QED) is 0.827. The number of nitrogens with one attached hydrogen (secondary N) is 2. The van der Waals surface area contributed by atoms with E-state index < -0.39 is 0 Å². The van der Waals surface area contributed by atoms with Crippen LogP contribution in [0.2, 0.25) is 0 Å².